The number of rotatable bonds is 10. The van der Waals surface area contributed by atoms with Gasteiger partial charge >= 0.3 is 0 Å². The molecule has 162 valence electrons. The number of ether oxygens (including phenoxy) is 2. The van der Waals surface area contributed by atoms with Crippen molar-refractivity contribution in [2.45, 2.75) is 39.0 Å². The minimum absolute atomic E-state index is 0.00681. The highest BCUT2D eigenvalue weighted by Crippen LogP contribution is 2.32. The molecule has 2 aromatic rings. The van der Waals surface area contributed by atoms with Crippen LogP contribution in [0.3, 0.4) is 0 Å². The fourth-order valence-electron chi connectivity index (χ4n) is 3.20. The first-order valence-corrected chi connectivity index (χ1v) is 11.4. The summed E-state index contributed by atoms with van der Waals surface area (Å²) >= 11 is 1.38. The molecule has 0 spiro atoms. The molecule has 30 heavy (non-hydrogen) atoms. The van der Waals surface area contributed by atoms with Gasteiger partial charge in [-0.2, -0.15) is 0 Å². The van der Waals surface area contributed by atoms with Crippen LogP contribution in [0.1, 0.15) is 39.0 Å². The van der Waals surface area contributed by atoms with Crippen LogP contribution in [0.5, 0.6) is 5.75 Å². The monoisotopic (exact) mass is 431 g/mol. The van der Waals surface area contributed by atoms with Gasteiger partial charge in [0.2, 0.25) is 5.91 Å². The molecule has 0 aliphatic carbocycles. The minimum atomic E-state index is -0.0533. The maximum Gasteiger partial charge on any atom is 0.260 e. The highest BCUT2D eigenvalue weighted by atomic mass is 32.1. The molecule has 7 nitrogen and oxygen atoms in total. The van der Waals surface area contributed by atoms with E-state index in [0.717, 1.165) is 36.9 Å². The Morgan fingerprint density at radius 3 is 2.80 bits per heavy atom. The fraction of sp³-hybridized carbons (Fsp3) is 0.500. The summed E-state index contributed by atoms with van der Waals surface area (Å²) in [4.78, 5) is 30.7. The van der Waals surface area contributed by atoms with E-state index < -0.39 is 0 Å². The number of amides is 2. The molecule has 1 fully saturated rings. The first-order valence-electron chi connectivity index (χ1n) is 10.5. The van der Waals surface area contributed by atoms with Crippen LogP contribution in [0.4, 0.5) is 5.13 Å². The molecule has 1 aromatic carbocycles. The second kappa shape index (κ2) is 11.7. The average Bonchev–Trinajstić information content (AvgIpc) is 3.24. The lowest BCUT2D eigenvalue weighted by Crippen LogP contribution is -2.43. The summed E-state index contributed by atoms with van der Waals surface area (Å²) < 4.78 is 11.1. The molecule has 1 N–H and O–H groups in total. The van der Waals surface area contributed by atoms with Crippen LogP contribution in [0, 0.1) is 0 Å². The number of benzene rings is 1. The van der Waals surface area contributed by atoms with Gasteiger partial charge < -0.3 is 19.7 Å². The Kier molecular flexibility index (Phi) is 8.65. The number of carbonyl (C=O) groups is 2. The van der Waals surface area contributed by atoms with Crippen LogP contribution in [0.2, 0.25) is 0 Å². The molecule has 0 saturated carbocycles. The zero-order valence-electron chi connectivity index (χ0n) is 17.4. The van der Waals surface area contributed by atoms with Crippen LogP contribution in [0.15, 0.2) is 29.6 Å². The van der Waals surface area contributed by atoms with Gasteiger partial charge in [-0.25, -0.2) is 4.98 Å². The Bertz CT molecular complexity index is 833. The van der Waals surface area contributed by atoms with Crippen molar-refractivity contribution >= 4 is 28.3 Å². The molecule has 2 amide bonds. The third-order valence-corrected chi connectivity index (χ3v) is 5.64. The van der Waals surface area contributed by atoms with Gasteiger partial charge in [0, 0.05) is 30.5 Å². The Morgan fingerprint density at radius 1 is 1.20 bits per heavy atom. The molecule has 2 heterocycles. The van der Waals surface area contributed by atoms with Gasteiger partial charge in [0.05, 0.1) is 18.9 Å². The first-order chi connectivity index (χ1) is 14.7. The van der Waals surface area contributed by atoms with Gasteiger partial charge in [-0.05, 0) is 18.6 Å². The molecule has 0 bridgehead atoms. The van der Waals surface area contributed by atoms with E-state index in [1.807, 2.05) is 29.6 Å². The number of nitrogens with one attached hydrogen (secondary N) is 1. The third kappa shape index (κ3) is 6.53. The normalized spacial score (nSPS) is 13.8. The van der Waals surface area contributed by atoms with E-state index in [1.165, 1.54) is 11.3 Å². The fourth-order valence-corrected chi connectivity index (χ4v) is 3.92. The first kappa shape index (κ1) is 22.2. The number of para-hydroxylation sites is 1. The maximum atomic E-state index is 12.4. The third-order valence-electron chi connectivity index (χ3n) is 4.89. The van der Waals surface area contributed by atoms with Crippen molar-refractivity contribution in [3.63, 3.8) is 0 Å². The van der Waals surface area contributed by atoms with E-state index in [-0.39, 0.29) is 18.4 Å². The van der Waals surface area contributed by atoms with Crippen molar-refractivity contribution < 1.29 is 19.1 Å². The van der Waals surface area contributed by atoms with E-state index >= 15 is 0 Å². The molecule has 0 radical (unpaired) electrons. The predicted molar refractivity (Wildman–Crippen MR) is 118 cm³/mol. The second-order valence-corrected chi connectivity index (χ2v) is 8.03. The Hall–Kier alpha value is -2.45. The number of nitrogens with zero attached hydrogens (tertiary/aromatic N) is 2. The number of anilines is 1. The number of thiazole rings is 1. The number of hydrogen-bond donors (Lipinski definition) is 1. The Morgan fingerprint density at radius 2 is 2.00 bits per heavy atom. The van der Waals surface area contributed by atoms with Gasteiger partial charge in [0.15, 0.2) is 11.7 Å². The molecule has 1 aromatic heterocycles. The quantitative estimate of drug-likeness (QED) is 0.576. The molecular formula is C22H29N3O4S. The van der Waals surface area contributed by atoms with Gasteiger partial charge in [0.25, 0.3) is 5.91 Å². The van der Waals surface area contributed by atoms with Crippen LogP contribution < -0.4 is 10.1 Å². The zero-order chi connectivity index (χ0) is 21.2. The second-order valence-electron chi connectivity index (χ2n) is 7.17. The highest BCUT2D eigenvalue weighted by Gasteiger charge is 2.18. The predicted octanol–water partition coefficient (Wildman–Crippen LogP) is 3.96. The van der Waals surface area contributed by atoms with Crippen LogP contribution >= 0.6 is 11.3 Å². The van der Waals surface area contributed by atoms with E-state index in [1.54, 1.807) is 4.90 Å². The molecule has 3 rings (SSSR count). The lowest BCUT2D eigenvalue weighted by Gasteiger charge is -2.26. The van der Waals surface area contributed by atoms with Gasteiger partial charge in [0.1, 0.15) is 5.75 Å². The summed E-state index contributed by atoms with van der Waals surface area (Å²) in [6.07, 6.45) is 4.78. The summed E-state index contributed by atoms with van der Waals surface area (Å²) in [5.74, 6) is 0.539. The molecule has 0 atom stereocenters. The number of hydrogen-bond acceptors (Lipinski definition) is 6. The largest absolute Gasteiger partial charge is 0.483 e. The van der Waals surface area contributed by atoms with Crippen molar-refractivity contribution in [3.8, 4) is 17.0 Å². The molecule has 1 aliphatic heterocycles. The van der Waals surface area contributed by atoms with Crippen molar-refractivity contribution in [3.05, 3.63) is 29.6 Å². The smallest absolute Gasteiger partial charge is 0.260 e. The van der Waals surface area contributed by atoms with Crippen molar-refractivity contribution in [2.24, 2.45) is 0 Å². The van der Waals surface area contributed by atoms with Crippen molar-refractivity contribution in [2.75, 3.05) is 38.2 Å². The lowest BCUT2D eigenvalue weighted by molar-refractivity contribution is -0.137. The zero-order valence-corrected chi connectivity index (χ0v) is 18.2. The number of carbonyl (C=O) groups excluding carboxylic acids is 2. The SMILES string of the molecule is CCCCCCC(=O)Nc1nc(-c2ccccc2OCC(=O)N2CCOCC2)cs1. The Balaban J connectivity index is 1.57. The van der Waals surface area contributed by atoms with Crippen LogP contribution in [-0.4, -0.2) is 54.6 Å². The minimum Gasteiger partial charge on any atom is -0.483 e. The summed E-state index contributed by atoms with van der Waals surface area (Å²) in [5, 5.41) is 5.34. The maximum absolute atomic E-state index is 12.4. The lowest BCUT2D eigenvalue weighted by atomic mass is 10.1. The van der Waals surface area contributed by atoms with Crippen LogP contribution in [-0.2, 0) is 14.3 Å². The molecule has 1 saturated heterocycles. The van der Waals surface area contributed by atoms with Crippen molar-refractivity contribution in [1.29, 1.82) is 0 Å². The average molecular weight is 432 g/mol. The molecular weight excluding hydrogens is 402 g/mol. The van der Waals surface area contributed by atoms with Gasteiger partial charge in [-0.1, -0.05) is 38.3 Å². The number of aromatic nitrogens is 1. The topological polar surface area (TPSA) is 80.8 Å². The summed E-state index contributed by atoms with van der Waals surface area (Å²) in [6, 6.07) is 7.49. The summed E-state index contributed by atoms with van der Waals surface area (Å²) in [5.41, 5.74) is 1.52. The van der Waals surface area contributed by atoms with Crippen molar-refractivity contribution in [1.82, 2.24) is 9.88 Å². The van der Waals surface area contributed by atoms with E-state index in [4.69, 9.17) is 9.47 Å². The molecule has 0 unspecified atom stereocenters. The van der Waals surface area contributed by atoms with Crippen LogP contribution in [0.25, 0.3) is 11.3 Å². The van der Waals surface area contributed by atoms with Gasteiger partial charge in [-0.15, -0.1) is 11.3 Å². The van der Waals surface area contributed by atoms with E-state index in [0.29, 0.717) is 43.6 Å². The Labute approximate surface area is 181 Å². The standard InChI is InChI=1S/C22H29N3O4S/c1-2-3-4-5-10-20(26)24-22-23-18(16-30-22)17-8-6-7-9-19(17)29-15-21(27)25-11-13-28-14-12-25/h6-9,16H,2-5,10-15H2,1H3,(H,23,24,26). The molecule has 1 aliphatic rings. The summed E-state index contributed by atoms with van der Waals surface area (Å²) in [7, 11) is 0. The number of morpholine rings is 1. The highest BCUT2D eigenvalue weighted by molar-refractivity contribution is 7.14. The number of unbranched alkanes of at least 4 members (excludes halogenated alkanes) is 3. The van der Waals surface area contributed by atoms with E-state index in [2.05, 4.69) is 17.2 Å². The van der Waals surface area contributed by atoms with Gasteiger partial charge in [-0.3, -0.25) is 9.59 Å². The summed E-state index contributed by atoms with van der Waals surface area (Å²) in [6.45, 7) is 4.44. The van der Waals surface area contributed by atoms with E-state index in [9.17, 15) is 9.59 Å². The molecule has 8 heteroatoms.